The third kappa shape index (κ3) is 5.33. The maximum Gasteiger partial charge on any atom is 0.261 e. The molecule has 5 heteroatoms. The quantitative estimate of drug-likeness (QED) is 0.436. The van der Waals surface area contributed by atoms with E-state index in [4.69, 9.17) is 13.9 Å². The van der Waals surface area contributed by atoms with Gasteiger partial charge in [-0.15, -0.1) is 6.58 Å². The Morgan fingerprint density at radius 1 is 1.06 bits per heavy atom. The van der Waals surface area contributed by atoms with Crippen molar-refractivity contribution in [1.82, 2.24) is 0 Å². The zero-order valence-corrected chi connectivity index (χ0v) is 21.8. The molecule has 0 aliphatic carbocycles. The second-order valence-electron chi connectivity index (χ2n) is 10.6. The molecule has 0 saturated carbocycles. The molecular weight excluding hydrogens is 428 g/mol. The summed E-state index contributed by atoms with van der Waals surface area (Å²) in [5.74, 6) is 0. The van der Waals surface area contributed by atoms with Gasteiger partial charge in [0.25, 0.3) is 8.32 Å². The van der Waals surface area contributed by atoms with E-state index in [1.165, 1.54) is 10.4 Å². The molecule has 2 aromatic rings. The number of rotatable bonds is 9. The van der Waals surface area contributed by atoms with E-state index in [1.807, 2.05) is 19.1 Å². The smallest absolute Gasteiger partial charge is 0.261 e. The van der Waals surface area contributed by atoms with Gasteiger partial charge in [0.1, 0.15) is 11.7 Å². The average Bonchev–Trinajstić information content (AvgIpc) is 2.80. The first-order valence-electron chi connectivity index (χ1n) is 11.9. The zero-order chi connectivity index (χ0) is 24.2. The fraction of sp³-hybridized carbons (Fsp3) is 0.500. The summed E-state index contributed by atoms with van der Waals surface area (Å²) in [6.07, 6.45) is 3.35. The first-order valence-corrected chi connectivity index (χ1v) is 13.8. The third-order valence-corrected chi connectivity index (χ3v) is 11.7. The van der Waals surface area contributed by atoms with Gasteiger partial charge in [-0.25, -0.2) is 0 Å². The van der Waals surface area contributed by atoms with E-state index in [-0.39, 0.29) is 24.4 Å². The number of hydrogen-bond acceptors (Lipinski definition) is 4. The number of benzene rings is 2. The van der Waals surface area contributed by atoms with Crippen LogP contribution in [-0.2, 0) is 13.9 Å². The molecule has 3 rings (SSSR count). The molecule has 1 N–H and O–H groups in total. The highest BCUT2D eigenvalue weighted by Crippen LogP contribution is 2.39. The van der Waals surface area contributed by atoms with Crippen LogP contribution in [0.1, 0.15) is 47.5 Å². The van der Waals surface area contributed by atoms with Gasteiger partial charge in [-0.3, -0.25) is 0 Å². The summed E-state index contributed by atoms with van der Waals surface area (Å²) in [5, 5.41) is 12.7. The van der Waals surface area contributed by atoms with Crippen molar-refractivity contribution in [1.29, 1.82) is 0 Å². The average molecular weight is 469 g/mol. The molecule has 1 aliphatic heterocycles. The van der Waals surface area contributed by atoms with Crippen LogP contribution in [0.25, 0.3) is 0 Å². The molecule has 0 amide bonds. The molecule has 1 aliphatic rings. The lowest BCUT2D eigenvalue weighted by Gasteiger charge is -2.48. The second-order valence-corrected chi connectivity index (χ2v) is 14.9. The summed E-state index contributed by atoms with van der Waals surface area (Å²) in [6, 6.07) is 21.1. The van der Waals surface area contributed by atoms with Gasteiger partial charge in [0, 0.05) is 6.61 Å². The Morgan fingerprint density at radius 2 is 1.61 bits per heavy atom. The SMILES string of the molecule is C=C[C@H]1OCCC[C@]1(C)O[C@@](C)(CO)CO[Si](c1ccccc1)(c1ccccc1)C(C)(C)C. The summed E-state index contributed by atoms with van der Waals surface area (Å²) in [6.45, 7) is 15.5. The van der Waals surface area contributed by atoms with Crippen molar-refractivity contribution in [2.24, 2.45) is 0 Å². The van der Waals surface area contributed by atoms with Crippen molar-refractivity contribution in [3.63, 3.8) is 0 Å². The summed E-state index contributed by atoms with van der Waals surface area (Å²) >= 11 is 0. The van der Waals surface area contributed by atoms with Crippen LogP contribution in [-0.4, -0.2) is 50.6 Å². The van der Waals surface area contributed by atoms with E-state index in [2.05, 4.69) is 82.8 Å². The van der Waals surface area contributed by atoms with Gasteiger partial charge in [0.15, 0.2) is 0 Å². The Kier molecular flexibility index (Phi) is 8.02. The summed E-state index contributed by atoms with van der Waals surface area (Å²) in [7, 11) is -2.73. The molecule has 4 nitrogen and oxygen atoms in total. The highest BCUT2D eigenvalue weighted by atomic mass is 28.4. The zero-order valence-electron chi connectivity index (χ0n) is 20.8. The standard InChI is InChI=1S/C28H40O4Si/c1-7-25-28(6,19-14-20-30-25)32-27(5,21-29)22-31-33(26(2,3)4,23-15-10-8-11-16-23)24-17-12-9-13-18-24/h7-13,15-18,25,29H,1,14,19-22H2,2-6H3/t25-,27+,28+/m1/s1. The van der Waals surface area contributed by atoms with Crippen LogP contribution in [0.4, 0.5) is 0 Å². The van der Waals surface area contributed by atoms with Crippen molar-refractivity contribution in [3.05, 3.63) is 73.3 Å². The van der Waals surface area contributed by atoms with E-state index in [1.54, 1.807) is 6.08 Å². The molecule has 1 heterocycles. The fourth-order valence-electron chi connectivity index (χ4n) is 5.07. The molecule has 0 spiro atoms. The second kappa shape index (κ2) is 10.2. The lowest BCUT2D eigenvalue weighted by atomic mass is 9.89. The number of aliphatic hydroxyl groups is 1. The molecule has 1 fully saturated rings. The van der Waals surface area contributed by atoms with Gasteiger partial charge in [0.2, 0.25) is 0 Å². The molecular formula is C28H40O4Si. The lowest BCUT2D eigenvalue weighted by molar-refractivity contribution is -0.226. The van der Waals surface area contributed by atoms with E-state index < -0.39 is 19.5 Å². The Bertz CT molecular complexity index is 856. The number of ether oxygens (including phenoxy) is 2. The molecule has 0 unspecified atom stereocenters. The molecule has 0 bridgehead atoms. The highest BCUT2D eigenvalue weighted by Gasteiger charge is 2.52. The topological polar surface area (TPSA) is 47.9 Å². The summed E-state index contributed by atoms with van der Waals surface area (Å²) < 4.78 is 19.6. The Labute approximate surface area is 200 Å². The number of hydrogen-bond donors (Lipinski definition) is 1. The molecule has 0 aromatic heterocycles. The normalized spacial score (nSPS) is 23.6. The molecule has 180 valence electrons. The Morgan fingerprint density at radius 3 is 2.06 bits per heavy atom. The summed E-state index contributed by atoms with van der Waals surface area (Å²) in [5.41, 5.74) is -1.45. The lowest BCUT2D eigenvalue weighted by Crippen LogP contribution is -2.68. The van der Waals surface area contributed by atoms with Crippen LogP contribution < -0.4 is 10.4 Å². The van der Waals surface area contributed by atoms with E-state index in [9.17, 15) is 5.11 Å². The predicted molar refractivity (Wildman–Crippen MR) is 138 cm³/mol. The van der Waals surface area contributed by atoms with E-state index >= 15 is 0 Å². The third-order valence-electron chi connectivity index (χ3n) is 6.76. The van der Waals surface area contributed by atoms with Gasteiger partial charge < -0.3 is 19.0 Å². The molecule has 3 atom stereocenters. The monoisotopic (exact) mass is 468 g/mol. The van der Waals surface area contributed by atoms with Crippen LogP contribution in [0.3, 0.4) is 0 Å². The van der Waals surface area contributed by atoms with Gasteiger partial charge in [0.05, 0.1) is 18.8 Å². The van der Waals surface area contributed by atoms with Gasteiger partial charge in [-0.05, 0) is 42.1 Å². The summed E-state index contributed by atoms with van der Waals surface area (Å²) in [4.78, 5) is 0. The van der Waals surface area contributed by atoms with E-state index in [0.29, 0.717) is 6.61 Å². The molecule has 33 heavy (non-hydrogen) atoms. The van der Waals surface area contributed by atoms with Gasteiger partial charge in [-0.2, -0.15) is 0 Å². The first kappa shape index (κ1) is 25.9. The van der Waals surface area contributed by atoms with Crippen LogP contribution in [0.2, 0.25) is 5.04 Å². The predicted octanol–water partition coefficient (Wildman–Crippen LogP) is 4.45. The van der Waals surface area contributed by atoms with Crippen LogP contribution in [0.15, 0.2) is 73.3 Å². The minimum absolute atomic E-state index is 0.145. The largest absolute Gasteiger partial charge is 0.404 e. The minimum Gasteiger partial charge on any atom is -0.404 e. The van der Waals surface area contributed by atoms with Gasteiger partial charge in [-0.1, -0.05) is 87.5 Å². The Balaban J connectivity index is 2.00. The Hall–Kier alpha value is -1.76. The molecule has 2 aromatic carbocycles. The minimum atomic E-state index is -2.73. The van der Waals surface area contributed by atoms with Crippen molar-refractivity contribution in [3.8, 4) is 0 Å². The van der Waals surface area contributed by atoms with Crippen LogP contribution in [0.5, 0.6) is 0 Å². The first-order chi connectivity index (χ1) is 15.6. The van der Waals surface area contributed by atoms with E-state index in [0.717, 1.165) is 12.8 Å². The van der Waals surface area contributed by atoms with Crippen LogP contribution >= 0.6 is 0 Å². The van der Waals surface area contributed by atoms with Crippen molar-refractivity contribution in [2.45, 2.75) is 69.8 Å². The molecule has 0 radical (unpaired) electrons. The molecule has 1 saturated heterocycles. The number of aliphatic hydroxyl groups excluding tert-OH is 1. The maximum atomic E-state index is 10.5. The van der Waals surface area contributed by atoms with Crippen molar-refractivity contribution >= 4 is 18.7 Å². The van der Waals surface area contributed by atoms with Crippen molar-refractivity contribution in [2.75, 3.05) is 19.8 Å². The van der Waals surface area contributed by atoms with Crippen molar-refractivity contribution < 1.29 is 19.0 Å². The maximum absolute atomic E-state index is 10.5. The van der Waals surface area contributed by atoms with Crippen LogP contribution in [0, 0.1) is 0 Å². The fourth-order valence-corrected chi connectivity index (χ4v) is 9.75. The van der Waals surface area contributed by atoms with Gasteiger partial charge >= 0.3 is 0 Å². The highest BCUT2D eigenvalue weighted by molar-refractivity contribution is 6.99.